The van der Waals surface area contributed by atoms with E-state index in [9.17, 15) is 4.79 Å². The molecule has 18 heavy (non-hydrogen) atoms. The monoisotopic (exact) mass is 241 g/mol. The van der Waals surface area contributed by atoms with E-state index in [1.807, 2.05) is 43.3 Å². The molecule has 0 radical (unpaired) electrons. The molecule has 0 fully saturated rings. The predicted octanol–water partition coefficient (Wildman–Crippen LogP) is 3.15. The first-order chi connectivity index (χ1) is 8.72. The van der Waals surface area contributed by atoms with Gasteiger partial charge in [0.05, 0.1) is 5.56 Å². The molecule has 0 heterocycles. The molecule has 3 nitrogen and oxygen atoms in total. The Balaban J connectivity index is 2.35. The van der Waals surface area contributed by atoms with Gasteiger partial charge in [-0.3, -0.25) is 4.79 Å². The van der Waals surface area contributed by atoms with Gasteiger partial charge in [-0.05, 0) is 30.7 Å². The second kappa shape index (κ2) is 5.36. The van der Waals surface area contributed by atoms with Gasteiger partial charge in [0, 0.05) is 7.05 Å². The van der Waals surface area contributed by atoms with Crippen LogP contribution in [-0.4, -0.2) is 13.0 Å². The average Bonchev–Trinajstić information content (AvgIpc) is 2.41. The third-order valence-electron chi connectivity index (χ3n) is 2.67. The molecule has 0 bridgehead atoms. The summed E-state index contributed by atoms with van der Waals surface area (Å²) in [6, 6.07) is 14.9. The molecule has 92 valence electrons. The van der Waals surface area contributed by atoms with Crippen LogP contribution in [0.2, 0.25) is 0 Å². The van der Waals surface area contributed by atoms with Crippen molar-refractivity contribution in [3.63, 3.8) is 0 Å². The summed E-state index contributed by atoms with van der Waals surface area (Å²) in [6.45, 7) is 1.97. The maximum absolute atomic E-state index is 11.7. The van der Waals surface area contributed by atoms with E-state index in [4.69, 9.17) is 4.74 Å². The van der Waals surface area contributed by atoms with Crippen molar-refractivity contribution in [2.24, 2.45) is 0 Å². The lowest BCUT2D eigenvalue weighted by molar-refractivity contribution is 0.0961. The van der Waals surface area contributed by atoms with Crippen molar-refractivity contribution in [2.45, 2.75) is 6.92 Å². The van der Waals surface area contributed by atoms with Crippen molar-refractivity contribution < 1.29 is 9.53 Å². The molecule has 0 aliphatic carbocycles. The molecule has 2 aromatic carbocycles. The van der Waals surface area contributed by atoms with Crippen LogP contribution in [0.25, 0.3) is 0 Å². The van der Waals surface area contributed by atoms with Crippen molar-refractivity contribution in [1.82, 2.24) is 5.32 Å². The summed E-state index contributed by atoms with van der Waals surface area (Å²) < 4.78 is 5.80. The number of ether oxygens (including phenoxy) is 1. The minimum Gasteiger partial charge on any atom is -0.456 e. The van der Waals surface area contributed by atoms with Gasteiger partial charge in [0.25, 0.3) is 5.91 Å². The zero-order valence-electron chi connectivity index (χ0n) is 10.4. The van der Waals surface area contributed by atoms with E-state index in [1.54, 1.807) is 19.2 Å². The van der Waals surface area contributed by atoms with E-state index in [0.717, 1.165) is 11.3 Å². The van der Waals surface area contributed by atoms with Crippen LogP contribution in [0, 0.1) is 6.92 Å². The zero-order valence-corrected chi connectivity index (χ0v) is 10.4. The second-order valence-corrected chi connectivity index (χ2v) is 3.94. The third kappa shape index (κ3) is 2.51. The van der Waals surface area contributed by atoms with Gasteiger partial charge in [-0.1, -0.05) is 30.3 Å². The molecule has 1 N–H and O–H groups in total. The molecular formula is C15H15NO2. The molecule has 0 spiro atoms. The van der Waals surface area contributed by atoms with Crippen LogP contribution in [-0.2, 0) is 0 Å². The number of rotatable bonds is 3. The molecule has 1 amide bonds. The van der Waals surface area contributed by atoms with Gasteiger partial charge in [0.1, 0.15) is 11.5 Å². The summed E-state index contributed by atoms with van der Waals surface area (Å²) in [6.07, 6.45) is 0. The Morgan fingerprint density at radius 1 is 1.00 bits per heavy atom. The Labute approximate surface area is 106 Å². The van der Waals surface area contributed by atoms with Crippen molar-refractivity contribution in [1.29, 1.82) is 0 Å². The molecule has 0 atom stereocenters. The quantitative estimate of drug-likeness (QED) is 0.896. The first-order valence-electron chi connectivity index (χ1n) is 5.77. The highest BCUT2D eigenvalue weighted by atomic mass is 16.5. The summed E-state index contributed by atoms with van der Waals surface area (Å²) >= 11 is 0. The van der Waals surface area contributed by atoms with Gasteiger partial charge in [0.15, 0.2) is 0 Å². The Kier molecular flexibility index (Phi) is 3.63. The molecular weight excluding hydrogens is 226 g/mol. The fourth-order valence-corrected chi connectivity index (χ4v) is 1.67. The van der Waals surface area contributed by atoms with Gasteiger partial charge < -0.3 is 10.1 Å². The van der Waals surface area contributed by atoms with E-state index in [0.29, 0.717) is 11.3 Å². The highest BCUT2D eigenvalue weighted by Crippen LogP contribution is 2.27. The standard InChI is InChI=1S/C15H15NO2/c1-11-7-3-5-9-13(11)18-14-10-6-4-8-12(14)15(17)16-2/h3-10H,1-2H3,(H,16,17). The zero-order chi connectivity index (χ0) is 13.0. The molecule has 0 aliphatic rings. The Bertz CT molecular complexity index is 564. The minimum absolute atomic E-state index is 0.154. The number of hydrogen-bond donors (Lipinski definition) is 1. The Morgan fingerprint density at radius 2 is 1.61 bits per heavy atom. The number of carbonyl (C=O) groups excluding carboxylic acids is 1. The molecule has 0 saturated heterocycles. The van der Waals surface area contributed by atoms with E-state index in [1.165, 1.54) is 0 Å². The third-order valence-corrected chi connectivity index (χ3v) is 2.67. The molecule has 2 rings (SSSR count). The first kappa shape index (κ1) is 12.2. The molecule has 0 aliphatic heterocycles. The van der Waals surface area contributed by atoms with Gasteiger partial charge in [-0.25, -0.2) is 0 Å². The van der Waals surface area contributed by atoms with Crippen molar-refractivity contribution in [3.05, 3.63) is 59.7 Å². The number of amides is 1. The van der Waals surface area contributed by atoms with Gasteiger partial charge in [-0.2, -0.15) is 0 Å². The highest BCUT2D eigenvalue weighted by Gasteiger charge is 2.11. The molecule has 0 aromatic heterocycles. The summed E-state index contributed by atoms with van der Waals surface area (Å²) in [7, 11) is 1.60. The topological polar surface area (TPSA) is 38.3 Å². The van der Waals surface area contributed by atoms with Gasteiger partial charge in [-0.15, -0.1) is 0 Å². The van der Waals surface area contributed by atoms with Crippen LogP contribution in [0.15, 0.2) is 48.5 Å². The van der Waals surface area contributed by atoms with Gasteiger partial charge in [0.2, 0.25) is 0 Å². The maximum atomic E-state index is 11.7. The number of aryl methyl sites for hydroxylation is 1. The number of hydrogen-bond acceptors (Lipinski definition) is 2. The Hall–Kier alpha value is -2.29. The van der Waals surface area contributed by atoms with Gasteiger partial charge >= 0.3 is 0 Å². The van der Waals surface area contributed by atoms with Crippen molar-refractivity contribution in [2.75, 3.05) is 7.05 Å². The van der Waals surface area contributed by atoms with Crippen LogP contribution in [0.1, 0.15) is 15.9 Å². The van der Waals surface area contributed by atoms with Crippen molar-refractivity contribution >= 4 is 5.91 Å². The minimum atomic E-state index is -0.154. The maximum Gasteiger partial charge on any atom is 0.254 e. The SMILES string of the molecule is CNC(=O)c1ccccc1Oc1ccccc1C. The van der Waals surface area contributed by atoms with Crippen LogP contribution in [0.3, 0.4) is 0 Å². The smallest absolute Gasteiger partial charge is 0.254 e. The summed E-state index contributed by atoms with van der Waals surface area (Å²) in [4.78, 5) is 11.7. The first-order valence-corrected chi connectivity index (χ1v) is 5.77. The van der Waals surface area contributed by atoms with E-state index in [-0.39, 0.29) is 5.91 Å². The number of para-hydroxylation sites is 2. The lowest BCUT2D eigenvalue weighted by atomic mass is 10.2. The van der Waals surface area contributed by atoms with Crippen LogP contribution < -0.4 is 10.1 Å². The lowest BCUT2D eigenvalue weighted by Crippen LogP contribution is -2.18. The molecule has 0 unspecified atom stereocenters. The summed E-state index contributed by atoms with van der Waals surface area (Å²) in [5.74, 6) is 1.17. The van der Waals surface area contributed by atoms with Crippen LogP contribution >= 0.6 is 0 Å². The summed E-state index contributed by atoms with van der Waals surface area (Å²) in [5.41, 5.74) is 1.56. The van der Waals surface area contributed by atoms with Crippen molar-refractivity contribution in [3.8, 4) is 11.5 Å². The second-order valence-electron chi connectivity index (χ2n) is 3.94. The Morgan fingerprint density at radius 3 is 2.28 bits per heavy atom. The highest BCUT2D eigenvalue weighted by molar-refractivity contribution is 5.96. The molecule has 2 aromatic rings. The van der Waals surface area contributed by atoms with Crippen LogP contribution in [0.4, 0.5) is 0 Å². The lowest BCUT2D eigenvalue weighted by Gasteiger charge is -2.11. The largest absolute Gasteiger partial charge is 0.456 e. The fourth-order valence-electron chi connectivity index (χ4n) is 1.67. The average molecular weight is 241 g/mol. The molecule has 0 saturated carbocycles. The number of nitrogens with one attached hydrogen (secondary N) is 1. The number of carbonyl (C=O) groups is 1. The van der Waals surface area contributed by atoms with E-state index >= 15 is 0 Å². The summed E-state index contributed by atoms with van der Waals surface area (Å²) in [5, 5.41) is 2.60. The number of benzene rings is 2. The fraction of sp³-hybridized carbons (Fsp3) is 0.133. The predicted molar refractivity (Wildman–Crippen MR) is 71.1 cm³/mol. The van der Waals surface area contributed by atoms with Crippen LogP contribution in [0.5, 0.6) is 11.5 Å². The molecule has 3 heteroatoms. The van der Waals surface area contributed by atoms with E-state index in [2.05, 4.69) is 5.32 Å². The van der Waals surface area contributed by atoms with E-state index < -0.39 is 0 Å². The normalized spacial score (nSPS) is 9.89.